The van der Waals surface area contributed by atoms with Gasteiger partial charge in [-0.05, 0) is 78.4 Å². The number of fused-ring (bicyclic) bond motifs is 1. The predicted molar refractivity (Wildman–Crippen MR) is 123 cm³/mol. The first-order valence-corrected chi connectivity index (χ1v) is 11.0. The minimum absolute atomic E-state index is 0.174. The Bertz CT molecular complexity index is 1170. The molecule has 1 atom stereocenters. The van der Waals surface area contributed by atoms with Crippen molar-refractivity contribution in [3.63, 3.8) is 0 Å². The van der Waals surface area contributed by atoms with E-state index in [4.69, 9.17) is 0 Å². The summed E-state index contributed by atoms with van der Waals surface area (Å²) in [5.41, 5.74) is 6.59. The number of nitrogens with zero attached hydrogens (tertiary/aromatic N) is 1. The van der Waals surface area contributed by atoms with Crippen molar-refractivity contribution in [1.82, 2.24) is 9.29 Å². The molecule has 2 nitrogen and oxygen atoms in total. The normalized spacial score (nSPS) is 15.3. The molecule has 3 aromatic carbocycles. The molecule has 1 aliphatic rings. The van der Waals surface area contributed by atoms with Crippen LogP contribution >= 0.6 is 11.9 Å². The highest BCUT2D eigenvalue weighted by Crippen LogP contribution is 2.43. The molecule has 1 heterocycles. The highest BCUT2D eigenvalue weighted by atomic mass is 32.2. The van der Waals surface area contributed by atoms with E-state index in [0.717, 1.165) is 23.4 Å². The quantitative estimate of drug-likeness (QED) is 0.390. The van der Waals surface area contributed by atoms with E-state index >= 15 is 0 Å². The van der Waals surface area contributed by atoms with Crippen LogP contribution in [0.15, 0.2) is 90.0 Å². The van der Waals surface area contributed by atoms with Crippen molar-refractivity contribution in [3.8, 4) is 22.4 Å². The third kappa shape index (κ3) is 3.47. The van der Waals surface area contributed by atoms with Gasteiger partial charge < -0.3 is 5.32 Å². The Morgan fingerprint density at radius 1 is 0.900 bits per heavy atom. The van der Waals surface area contributed by atoms with E-state index in [2.05, 4.69) is 64.0 Å². The highest BCUT2D eigenvalue weighted by molar-refractivity contribution is 7.98. The van der Waals surface area contributed by atoms with Crippen molar-refractivity contribution in [1.29, 1.82) is 0 Å². The number of rotatable bonds is 5. The van der Waals surface area contributed by atoms with E-state index < -0.39 is 0 Å². The van der Waals surface area contributed by atoms with Gasteiger partial charge in [-0.2, -0.15) is 0 Å². The molecule has 150 valence electrons. The molecule has 0 fully saturated rings. The van der Waals surface area contributed by atoms with E-state index in [1.807, 2.05) is 25.2 Å². The molecule has 4 aromatic rings. The van der Waals surface area contributed by atoms with Gasteiger partial charge in [0.05, 0.1) is 5.69 Å². The summed E-state index contributed by atoms with van der Waals surface area (Å²) in [6, 6.07) is 26.4. The molecule has 4 heteroatoms. The van der Waals surface area contributed by atoms with Gasteiger partial charge in [0.25, 0.3) is 0 Å². The third-order valence-corrected chi connectivity index (χ3v) is 6.78. The second kappa shape index (κ2) is 8.13. The molecule has 0 amide bonds. The zero-order valence-corrected chi connectivity index (χ0v) is 17.6. The summed E-state index contributed by atoms with van der Waals surface area (Å²) in [5, 5.41) is 3.40. The second-order valence-electron chi connectivity index (χ2n) is 7.58. The van der Waals surface area contributed by atoms with Crippen LogP contribution in [0.1, 0.15) is 23.6 Å². The lowest BCUT2D eigenvalue weighted by atomic mass is 10.1. The fourth-order valence-corrected chi connectivity index (χ4v) is 5.26. The minimum atomic E-state index is -0.174. The number of hydrogen-bond donors (Lipinski definition) is 1. The maximum absolute atomic E-state index is 14.7. The maximum atomic E-state index is 14.7. The van der Waals surface area contributed by atoms with E-state index in [1.165, 1.54) is 22.3 Å². The summed E-state index contributed by atoms with van der Waals surface area (Å²) in [7, 11) is 2.00. The lowest BCUT2D eigenvalue weighted by Gasteiger charge is -2.12. The standard InChI is InChI=1S/C26H23FN2S/c1-28-25-16-15-21-23(25)17-29(26(21)22-9-5-6-10-24(22)27)30-20-13-11-19(12-14-20)18-7-3-2-4-8-18/h2-14,17,25,28H,15-16H2,1H3. The Morgan fingerprint density at radius 2 is 1.60 bits per heavy atom. The van der Waals surface area contributed by atoms with Crippen molar-refractivity contribution >= 4 is 11.9 Å². The van der Waals surface area contributed by atoms with Crippen molar-refractivity contribution in [2.75, 3.05) is 7.05 Å². The summed E-state index contributed by atoms with van der Waals surface area (Å²) in [4.78, 5) is 1.13. The lowest BCUT2D eigenvalue weighted by molar-refractivity contribution is 0.588. The fraction of sp³-hybridized carbons (Fsp3) is 0.154. The van der Waals surface area contributed by atoms with Gasteiger partial charge in [0.2, 0.25) is 0 Å². The van der Waals surface area contributed by atoms with Gasteiger partial charge in [-0.1, -0.05) is 54.6 Å². The van der Waals surface area contributed by atoms with E-state index in [1.54, 1.807) is 24.1 Å². The Hall–Kier alpha value is -2.82. The summed E-state index contributed by atoms with van der Waals surface area (Å²) in [5.74, 6) is -0.174. The van der Waals surface area contributed by atoms with Crippen LogP contribution in [0.5, 0.6) is 0 Å². The number of nitrogens with one attached hydrogen (secondary N) is 1. The molecule has 1 aliphatic carbocycles. The molecule has 30 heavy (non-hydrogen) atoms. The topological polar surface area (TPSA) is 17.0 Å². The highest BCUT2D eigenvalue weighted by Gasteiger charge is 2.29. The Labute approximate surface area is 180 Å². The summed E-state index contributed by atoms with van der Waals surface area (Å²) >= 11 is 1.64. The molecule has 0 saturated carbocycles. The van der Waals surface area contributed by atoms with Crippen molar-refractivity contribution in [2.24, 2.45) is 0 Å². The number of aromatic nitrogens is 1. The average Bonchev–Trinajstić information content (AvgIpc) is 3.34. The lowest BCUT2D eigenvalue weighted by Crippen LogP contribution is -2.12. The van der Waals surface area contributed by atoms with Crippen LogP contribution < -0.4 is 5.32 Å². The number of halogens is 1. The Balaban J connectivity index is 1.53. The third-order valence-electron chi connectivity index (χ3n) is 5.81. The van der Waals surface area contributed by atoms with Gasteiger partial charge in [0.15, 0.2) is 0 Å². The van der Waals surface area contributed by atoms with Crippen LogP contribution in [0, 0.1) is 5.82 Å². The van der Waals surface area contributed by atoms with Crippen LogP contribution in [0.25, 0.3) is 22.4 Å². The Morgan fingerprint density at radius 3 is 2.33 bits per heavy atom. The Kier molecular flexibility index (Phi) is 5.19. The summed E-state index contributed by atoms with van der Waals surface area (Å²) < 4.78 is 16.9. The van der Waals surface area contributed by atoms with Crippen LogP contribution in [0.4, 0.5) is 4.39 Å². The monoisotopic (exact) mass is 414 g/mol. The van der Waals surface area contributed by atoms with Crippen LogP contribution in [0.2, 0.25) is 0 Å². The van der Waals surface area contributed by atoms with Crippen LogP contribution in [-0.2, 0) is 6.42 Å². The van der Waals surface area contributed by atoms with E-state index in [9.17, 15) is 4.39 Å². The molecule has 1 N–H and O–H groups in total. The molecular formula is C26H23FN2S. The van der Waals surface area contributed by atoms with Crippen molar-refractivity contribution in [2.45, 2.75) is 23.8 Å². The predicted octanol–water partition coefficient (Wildman–Crippen LogP) is 6.72. The summed E-state index contributed by atoms with van der Waals surface area (Å²) in [6.07, 6.45) is 4.20. The van der Waals surface area contributed by atoms with Gasteiger partial charge in [-0.15, -0.1) is 0 Å². The first-order valence-electron chi connectivity index (χ1n) is 10.2. The van der Waals surface area contributed by atoms with Crippen LogP contribution in [-0.4, -0.2) is 11.0 Å². The molecule has 0 saturated heterocycles. The maximum Gasteiger partial charge on any atom is 0.132 e. The van der Waals surface area contributed by atoms with Crippen LogP contribution in [0.3, 0.4) is 0 Å². The molecule has 5 rings (SSSR count). The fourth-order valence-electron chi connectivity index (χ4n) is 4.30. The van der Waals surface area contributed by atoms with Gasteiger partial charge in [0.1, 0.15) is 5.82 Å². The second-order valence-corrected chi connectivity index (χ2v) is 8.63. The first-order chi connectivity index (χ1) is 14.7. The zero-order valence-electron chi connectivity index (χ0n) is 16.8. The van der Waals surface area contributed by atoms with Gasteiger partial charge in [-0.25, -0.2) is 4.39 Å². The zero-order chi connectivity index (χ0) is 20.5. The smallest absolute Gasteiger partial charge is 0.132 e. The van der Waals surface area contributed by atoms with Gasteiger partial charge >= 0.3 is 0 Å². The van der Waals surface area contributed by atoms with Gasteiger partial charge in [0, 0.05) is 22.7 Å². The molecular weight excluding hydrogens is 391 g/mol. The molecule has 0 radical (unpaired) electrons. The largest absolute Gasteiger partial charge is 0.313 e. The summed E-state index contributed by atoms with van der Waals surface area (Å²) in [6.45, 7) is 0. The van der Waals surface area contributed by atoms with Crippen molar-refractivity contribution < 1.29 is 4.39 Å². The SMILES string of the molecule is CNC1CCc2c1cn(Sc1ccc(-c3ccccc3)cc1)c2-c1ccccc1F. The number of hydrogen-bond acceptors (Lipinski definition) is 2. The number of benzene rings is 3. The van der Waals surface area contributed by atoms with Crippen molar-refractivity contribution in [3.05, 3.63) is 102 Å². The molecule has 1 aromatic heterocycles. The molecule has 0 aliphatic heterocycles. The molecule has 1 unspecified atom stereocenters. The van der Waals surface area contributed by atoms with E-state index in [-0.39, 0.29) is 5.82 Å². The average molecular weight is 415 g/mol. The van der Waals surface area contributed by atoms with E-state index in [0.29, 0.717) is 11.6 Å². The first kappa shape index (κ1) is 19.2. The minimum Gasteiger partial charge on any atom is -0.313 e. The molecule has 0 spiro atoms. The molecule has 0 bridgehead atoms. The van der Waals surface area contributed by atoms with Gasteiger partial charge in [-0.3, -0.25) is 3.97 Å².